The van der Waals surface area contributed by atoms with E-state index in [1.165, 1.54) is 0 Å². The van der Waals surface area contributed by atoms with Crippen LogP contribution in [0.2, 0.25) is 0 Å². The fourth-order valence-electron chi connectivity index (χ4n) is 3.61. The minimum atomic E-state index is 0.781. The van der Waals surface area contributed by atoms with Crippen LogP contribution in [0.3, 0.4) is 0 Å². The van der Waals surface area contributed by atoms with Crippen LogP contribution in [0, 0.1) is 6.92 Å². The van der Waals surface area contributed by atoms with Gasteiger partial charge >= 0.3 is 0 Å². The van der Waals surface area contributed by atoms with Gasteiger partial charge in [-0.1, -0.05) is 6.07 Å². The predicted molar refractivity (Wildman–Crippen MR) is 112 cm³/mol. The van der Waals surface area contributed by atoms with Crippen molar-refractivity contribution < 1.29 is 0 Å². The molecule has 1 fully saturated rings. The van der Waals surface area contributed by atoms with E-state index in [-0.39, 0.29) is 0 Å². The molecule has 1 saturated heterocycles. The summed E-state index contributed by atoms with van der Waals surface area (Å²) in [6.45, 7) is 5.91. The van der Waals surface area contributed by atoms with E-state index in [2.05, 4.69) is 36.3 Å². The normalized spacial score (nSPS) is 14.9. The molecule has 0 bridgehead atoms. The average molecular weight is 386 g/mol. The largest absolute Gasteiger partial charge is 0.355 e. The molecule has 0 aromatic carbocycles. The summed E-state index contributed by atoms with van der Waals surface area (Å²) in [5.41, 5.74) is 4.29. The molecule has 5 heterocycles. The molecular weight excluding hydrogens is 364 g/mol. The van der Waals surface area contributed by atoms with Crippen LogP contribution in [0.1, 0.15) is 12.1 Å². The Bertz CT molecular complexity index is 1140. The molecule has 4 aromatic heterocycles. The zero-order chi connectivity index (χ0) is 19.6. The van der Waals surface area contributed by atoms with Gasteiger partial charge in [0.2, 0.25) is 0 Å². The van der Waals surface area contributed by atoms with Crippen LogP contribution in [0.15, 0.2) is 49.1 Å². The molecular formula is C21H22N8. The van der Waals surface area contributed by atoms with Crippen LogP contribution in [-0.4, -0.2) is 55.9 Å². The van der Waals surface area contributed by atoms with Crippen LogP contribution >= 0.6 is 0 Å². The van der Waals surface area contributed by atoms with Gasteiger partial charge in [0.15, 0.2) is 5.82 Å². The van der Waals surface area contributed by atoms with E-state index in [9.17, 15) is 0 Å². The number of nitrogens with one attached hydrogen (secondary N) is 1. The monoisotopic (exact) mass is 386 g/mol. The topological polar surface area (TPSA) is 84.7 Å². The van der Waals surface area contributed by atoms with Gasteiger partial charge in [-0.3, -0.25) is 9.97 Å². The Morgan fingerprint density at radius 3 is 2.83 bits per heavy atom. The zero-order valence-corrected chi connectivity index (χ0v) is 16.3. The number of fused-ring (bicyclic) bond motifs is 1. The Kier molecular flexibility index (Phi) is 4.61. The molecule has 1 N–H and O–H groups in total. The third kappa shape index (κ3) is 3.54. The first-order chi connectivity index (χ1) is 14.3. The van der Waals surface area contributed by atoms with Crippen molar-refractivity contribution in [1.82, 2.24) is 35.0 Å². The van der Waals surface area contributed by atoms with Gasteiger partial charge in [-0.15, -0.1) is 0 Å². The molecule has 5 rings (SSSR count). The highest BCUT2D eigenvalue weighted by Gasteiger charge is 2.14. The Morgan fingerprint density at radius 2 is 1.90 bits per heavy atom. The van der Waals surface area contributed by atoms with Crippen molar-refractivity contribution in [2.24, 2.45) is 0 Å². The quantitative estimate of drug-likeness (QED) is 0.579. The maximum absolute atomic E-state index is 4.89. The number of hydrogen-bond acceptors (Lipinski definition) is 7. The van der Waals surface area contributed by atoms with Crippen molar-refractivity contribution in [3.63, 3.8) is 0 Å². The van der Waals surface area contributed by atoms with E-state index in [1.807, 2.05) is 36.0 Å². The van der Waals surface area contributed by atoms with Crippen molar-refractivity contribution in [1.29, 1.82) is 0 Å². The number of pyridine rings is 2. The number of anilines is 1. The molecule has 146 valence electrons. The van der Waals surface area contributed by atoms with Crippen LogP contribution < -0.4 is 10.2 Å². The van der Waals surface area contributed by atoms with Gasteiger partial charge in [-0.25, -0.2) is 14.6 Å². The van der Waals surface area contributed by atoms with Crippen molar-refractivity contribution >= 4 is 16.9 Å². The highest BCUT2D eigenvalue weighted by molar-refractivity contribution is 5.80. The highest BCUT2D eigenvalue weighted by Crippen LogP contribution is 2.23. The average Bonchev–Trinajstić information content (AvgIpc) is 2.98. The zero-order valence-electron chi connectivity index (χ0n) is 16.3. The fourth-order valence-corrected chi connectivity index (χ4v) is 3.61. The van der Waals surface area contributed by atoms with Crippen LogP contribution in [0.4, 0.5) is 5.82 Å². The lowest BCUT2D eigenvalue weighted by molar-refractivity contribution is 0.724. The standard InChI is InChI=1S/C21H22N8/c1-15-11-23-13-17(26-15)16-10-19-18(24-12-16)14-25-29(19)21-5-2-4-20(27-21)28-8-3-6-22-7-9-28/h2,4-5,10-14,22H,3,6-9H2,1H3. The van der Waals surface area contributed by atoms with Gasteiger partial charge in [-0.05, 0) is 38.1 Å². The molecule has 0 atom stereocenters. The van der Waals surface area contributed by atoms with Crippen LogP contribution in [0.25, 0.3) is 28.1 Å². The Balaban J connectivity index is 1.55. The van der Waals surface area contributed by atoms with Gasteiger partial charge in [0.25, 0.3) is 0 Å². The first kappa shape index (κ1) is 17.7. The molecule has 4 aromatic rings. The van der Waals surface area contributed by atoms with Crippen molar-refractivity contribution in [3.05, 3.63) is 54.7 Å². The number of nitrogens with zero attached hydrogens (tertiary/aromatic N) is 7. The van der Waals surface area contributed by atoms with Gasteiger partial charge in [0.1, 0.15) is 11.3 Å². The summed E-state index contributed by atoms with van der Waals surface area (Å²) in [6.07, 6.45) is 8.19. The van der Waals surface area contributed by atoms with Gasteiger partial charge < -0.3 is 10.2 Å². The third-order valence-corrected chi connectivity index (χ3v) is 5.07. The maximum atomic E-state index is 4.89. The van der Waals surface area contributed by atoms with Gasteiger partial charge in [0.05, 0.1) is 29.3 Å². The van der Waals surface area contributed by atoms with Gasteiger partial charge in [-0.2, -0.15) is 5.10 Å². The number of rotatable bonds is 3. The molecule has 8 nitrogen and oxygen atoms in total. The lowest BCUT2D eigenvalue weighted by atomic mass is 10.2. The summed E-state index contributed by atoms with van der Waals surface area (Å²) in [6, 6.07) is 8.12. The molecule has 0 unspecified atom stereocenters. The first-order valence-electron chi connectivity index (χ1n) is 9.84. The van der Waals surface area contributed by atoms with Crippen molar-refractivity contribution in [3.8, 4) is 17.1 Å². The second-order valence-electron chi connectivity index (χ2n) is 7.18. The number of hydrogen-bond donors (Lipinski definition) is 1. The third-order valence-electron chi connectivity index (χ3n) is 5.07. The SMILES string of the molecule is Cc1cncc(-c2cnc3cnn(-c4cccc(N5CCCNCC5)n4)c3c2)n1. The lowest BCUT2D eigenvalue weighted by Gasteiger charge is -2.21. The van der Waals surface area contributed by atoms with E-state index < -0.39 is 0 Å². The highest BCUT2D eigenvalue weighted by atomic mass is 15.3. The predicted octanol–water partition coefficient (Wildman–Crippen LogP) is 2.38. The summed E-state index contributed by atoms with van der Waals surface area (Å²) in [5.74, 6) is 1.76. The molecule has 8 heteroatoms. The van der Waals surface area contributed by atoms with Crippen molar-refractivity contribution in [2.75, 3.05) is 31.1 Å². The molecule has 1 aliphatic rings. The molecule has 0 aliphatic carbocycles. The van der Waals surface area contributed by atoms with E-state index in [1.54, 1.807) is 18.6 Å². The van der Waals surface area contributed by atoms with E-state index >= 15 is 0 Å². The smallest absolute Gasteiger partial charge is 0.156 e. The lowest BCUT2D eigenvalue weighted by Crippen LogP contribution is -2.28. The summed E-state index contributed by atoms with van der Waals surface area (Å²) >= 11 is 0. The first-order valence-corrected chi connectivity index (χ1v) is 9.84. The minimum Gasteiger partial charge on any atom is -0.355 e. The van der Waals surface area contributed by atoms with E-state index in [0.29, 0.717) is 0 Å². The van der Waals surface area contributed by atoms with E-state index in [0.717, 1.165) is 72.2 Å². The molecule has 0 radical (unpaired) electrons. The molecule has 0 saturated carbocycles. The maximum Gasteiger partial charge on any atom is 0.156 e. The molecule has 0 spiro atoms. The van der Waals surface area contributed by atoms with Gasteiger partial charge in [0, 0.05) is 37.6 Å². The minimum absolute atomic E-state index is 0.781. The summed E-state index contributed by atoms with van der Waals surface area (Å²) in [4.78, 5) is 20.6. The Hall–Kier alpha value is -3.39. The Morgan fingerprint density at radius 1 is 0.966 bits per heavy atom. The summed E-state index contributed by atoms with van der Waals surface area (Å²) < 4.78 is 1.84. The van der Waals surface area contributed by atoms with Crippen molar-refractivity contribution in [2.45, 2.75) is 13.3 Å². The van der Waals surface area contributed by atoms with Crippen LogP contribution in [-0.2, 0) is 0 Å². The molecule has 1 aliphatic heterocycles. The second kappa shape index (κ2) is 7.56. The number of aryl methyl sites for hydroxylation is 1. The second-order valence-corrected chi connectivity index (χ2v) is 7.18. The summed E-state index contributed by atoms with van der Waals surface area (Å²) in [5, 5.41) is 7.98. The fraction of sp³-hybridized carbons (Fsp3) is 0.286. The van der Waals surface area contributed by atoms with E-state index in [4.69, 9.17) is 4.98 Å². The number of aromatic nitrogens is 6. The molecule has 29 heavy (non-hydrogen) atoms. The summed E-state index contributed by atoms with van der Waals surface area (Å²) in [7, 11) is 0. The van der Waals surface area contributed by atoms with Crippen LogP contribution in [0.5, 0.6) is 0 Å². The molecule has 0 amide bonds. The Labute approximate surface area is 168 Å².